The Bertz CT molecular complexity index is 750. The van der Waals surface area contributed by atoms with Gasteiger partial charge in [0.05, 0.1) is 6.42 Å². The molecule has 0 aliphatic carbocycles. The van der Waals surface area contributed by atoms with Crippen LogP contribution in [0.25, 0.3) is 0 Å². The first kappa shape index (κ1) is 18.7. The van der Waals surface area contributed by atoms with Crippen molar-refractivity contribution in [3.05, 3.63) is 64.7 Å². The number of rotatable bonds is 7. The van der Waals surface area contributed by atoms with Crippen LogP contribution in [-0.4, -0.2) is 37.5 Å². The number of benzene rings is 2. The Morgan fingerprint density at radius 2 is 2.12 bits per heavy atom. The zero-order valence-corrected chi connectivity index (χ0v) is 15.8. The fourth-order valence-corrected chi connectivity index (χ4v) is 3.51. The average molecular weight is 373 g/mol. The number of hydrogen-bond acceptors (Lipinski definition) is 3. The van der Waals surface area contributed by atoms with Crippen LogP contribution < -0.4 is 10.1 Å². The molecule has 0 spiro atoms. The maximum absolute atomic E-state index is 12.5. The van der Waals surface area contributed by atoms with Gasteiger partial charge in [-0.3, -0.25) is 4.79 Å². The van der Waals surface area contributed by atoms with Crippen molar-refractivity contribution in [1.29, 1.82) is 0 Å². The predicted molar refractivity (Wildman–Crippen MR) is 105 cm³/mol. The van der Waals surface area contributed by atoms with Crippen LogP contribution in [0.2, 0.25) is 5.02 Å². The molecule has 0 saturated carbocycles. The number of likely N-dealkylation sites (tertiary alicyclic amines) is 1. The third-order valence-corrected chi connectivity index (χ3v) is 5.11. The molecule has 3 rings (SSSR count). The minimum absolute atomic E-state index is 0.187. The smallest absolute Gasteiger partial charge is 0.227 e. The van der Waals surface area contributed by atoms with Crippen molar-refractivity contribution in [2.24, 2.45) is 5.92 Å². The zero-order valence-electron chi connectivity index (χ0n) is 15.1. The van der Waals surface area contributed by atoms with Crippen LogP contribution in [0.4, 0.5) is 0 Å². The van der Waals surface area contributed by atoms with Gasteiger partial charge < -0.3 is 15.0 Å². The Labute approximate surface area is 160 Å². The van der Waals surface area contributed by atoms with Crippen LogP contribution in [-0.2, 0) is 17.8 Å². The van der Waals surface area contributed by atoms with Crippen molar-refractivity contribution < 1.29 is 9.53 Å². The molecule has 1 aliphatic heterocycles. The molecule has 1 heterocycles. The van der Waals surface area contributed by atoms with E-state index in [4.69, 9.17) is 16.3 Å². The van der Waals surface area contributed by atoms with E-state index in [0.29, 0.717) is 24.0 Å². The van der Waals surface area contributed by atoms with Crippen molar-refractivity contribution in [2.45, 2.75) is 19.4 Å². The number of hydrogen-bond donors (Lipinski definition) is 1. The van der Waals surface area contributed by atoms with Gasteiger partial charge in [-0.15, -0.1) is 0 Å². The lowest BCUT2D eigenvalue weighted by molar-refractivity contribution is -0.129. The van der Waals surface area contributed by atoms with E-state index < -0.39 is 0 Å². The summed E-state index contributed by atoms with van der Waals surface area (Å²) in [6.45, 7) is 3.08. The van der Waals surface area contributed by atoms with E-state index in [1.54, 1.807) is 0 Å². The Balaban J connectivity index is 1.56. The first-order valence-corrected chi connectivity index (χ1v) is 9.41. The Hall–Kier alpha value is -2.04. The van der Waals surface area contributed by atoms with Gasteiger partial charge in [0.1, 0.15) is 12.4 Å². The summed E-state index contributed by atoms with van der Waals surface area (Å²) in [7, 11) is 1.96. The lowest BCUT2D eigenvalue weighted by Gasteiger charge is -2.17. The molecule has 1 atom stereocenters. The third kappa shape index (κ3) is 4.99. The molecule has 2 aromatic carbocycles. The molecule has 1 amide bonds. The monoisotopic (exact) mass is 372 g/mol. The Kier molecular flexibility index (Phi) is 6.53. The van der Waals surface area contributed by atoms with Gasteiger partial charge in [0.2, 0.25) is 5.91 Å². The highest BCUT2D eigenvalue weighted by Crippen LogP contribution is 2.21. The molecule has 0 aromatic heterocycles. The van der Waals surface area contributed by atoms with Crippen molar-refractivity contribution in [3.8, 4) is 5.75 Å². The van der Waals surface area contributed by atoms with E-state index in [1.807, 2.05) is 60.5 Å². The normalized spacial score (nSPS) is 16.7. The van der Waals surface area contributed by atoms with Gasteiger partial charge in [0, 0.05) is 23.7 Å². The maximum Gasteiger partial charge on any atom is 0.227 e. The fraction of sp³-hybridized carbons (Fsp3) is 0.381. The molecule has 4 nitrogen and oxygen atoms in total. The molecule has 0 radical (unpaired) electrons. The lowest BCUT2D eigenvalue weighted by Crippen LogP contribution is -2.31. The molecular weight excluding hydrogens is 348 g/mol. The first-order valence-electron chi connectivity index (χ1n) is 9.03. The molecule has 2 aromatic rings. The molecule has 26 heavy (non-hydrogen) atoms. The Morgan fingerprint density at radius 3 is 2.92 bits per heavy atom. The topological polar surface area (TPSA) is 41.6 Å². The SMILES string of the molecule is CNC[C@H]1CCN(C(=O)Cc2cccc(OCc3ccccc3Cl)c2)C1. The molecule has 1 saturated heterocycles. The predicted octanol–water partition coefficient (Wildman–Crippen LogP) is 3.53. The van der Waals surface area contributed by atoms with Crippen LogP contribution in [0.15, 0.2) is 48.5 Å². The highest BCUT2D eigenvalue weighted by atomic mass is 35.5. The molecule has 1 N–H and O–H groups in total. The van der Waals surface area contributed by atoms with E-state index >= 15 is 0 Å². The van der Waals surface area contributed by atoms with Crippen LogP contribution in [0.5, 0.6) is 5.75 Å². The van der Waals surface area contributed by atoms with Crippen LogP contribution in [0.3, 0.4) is 0 Å². The Morgan fingerprint density at radius 1 is 1.27 bits per heavy atom. The van der Waals surface area contributed by atoms with Gasteiger partial charge in [-0.25, -0.2) is 0 Å². The van der Waals surface area contributed by atoms with E-state index in [-0.39, 0.29) is 5.91 Å². The summed E-state index contributed by atoms with van der Waals surface area (Å²) in [6.07, 6.45) is 1.49. The van der Waals surface area contributed by atoms with E-state index in [2.05, 4.69) is 5.32 Å². The van der Waals surface area contributed by atoms with Crippen LogP contribution in [0, 0.1) is 5.92 Å². The molecular formula is C21H25ClN2O2. The second-order valence-electron chi connectivity index (χ2n) is 6.76. The number of carbonyl (C=O) groups is 1. The standard InChI is InChI=1S/C21H25ClN2O2/c1-23-13-17-9-10-24(14-17)21(25)12-16-5-4-7-19(11-16)26-15-18-6-2-3-8-20(18)22/h2-8,11,17,23H,9-10,12-15H2,1H3/t17-/m1/s1. The van der Waals surface area contributed by atoms with Crippen molar-refractivity contribution >= 4 is 17.5 Å². The number of amides is 1. The highest BCUT2D eigenvalue weighted by Gasteiger charge is 2.25. The van der Waals surface area contributed by atoms with Gasteiger partial charge in [-0.2, -0.15) is 0 Å². The van der Waals surface area contributed by atoms with Crippen molar-refractivity contribution in [3.63, 3.8) is 0 Å². The quantitative estimate of drug-likeness (QED) is 0.808. The number of nitrogens with one attached hydrogen (secondary N) is 1. The average Bonchev–Trinajstić information content (AvgIpc) is 3.11. The molecule has 138 valence electrons. The summed E-state index contributed by atoms with van der Waals surface area (Å²) in [5, 5.41) is 3.89. The van der Waals surface area contributed by atoms with Gasteiger partial charge in [-0.05, 0) is 49.7 Å². The lowest BCUT2D eigenvalue weighted by atomic mass is 10.1. The van der Waals surface area contributed by atoms with Gasteiger partial charge in [0.25, 0.3) is 0 Å². The van der Waals surface area contributed by atoms with E-state index in [0.717, 1.165) is 42.9 Å². The molecule has 0 unspecified atom stereocenters. The molecule has 5 heteroatoms. The van der Waals surface area contributed by atoms with Crippen molar-refractivity contribution in [1.82, 2.24) is 10.2 Å². The largest absolute Gasteiger partial charge is 0.489 e. The first-order chi connectivity index (χ1) is 12.7. The summed E-state index contributed by atoms with van der Waals surface area (Å²) in [5.41, 5.74) is 1.92. The van der Waals surface area contributed by atoms with Crippen LogP contribution >= 0.6 is 11.6 Å². The number of carbonyl (C=O) groups excluding carboxylic acids is 1. The fourth-order valence-electron chi connectivity index (χ4n) is 3.32. The summed E-state index contributed by atoms with van der Waals surface area (Å²) in [4.78, 5) is 14.5. The van der Waals surface area contributed by atoms with Gasteiger partial charge in [0.15, 0.2) is 0 Å². The summed E-state index contributed by atoms with van der Waals surface area (Å²) in [5.74, 6) is 1.51. The zero-order chi connectivity index (χ0) is 18.4. The van der Waals surface area contributed by atoms with E-state index in [9.17, 15) is 4.79 Å². The minimum Gasteiger partial charge on any atom is -0.489 e. The summed E-state index contributed by atoms with van der Waals surface area (Å²) < 4.78 is 5.85. The summed E-state index contributed by atoms with van der Waals surface area (Å²) in [6, 6.07) is 15.4. The molecule has 0 bridgehead atoms. The van der Waals surface area contributed by atoms with Crippen LogP contribution in [0.1, 0.15) is 17.5 Å². The molecule has 1 aliphatic rings. The second kappa shape index (κ2) is 9.06. The number of nitrogens with zero attached hydrogens (tertiary/aromatic N) is 1. The maximum atomic E-state index is 12.5. The van der Waals surface area contributed by atoms with Gasteiger partial charge >= 0.3 is 0 Å². The summed E-state index contributed by atoms with van der Waals surface area (Å²) >= 11 is 6.16. The van der Waals surface area contributed by atoms with Gasteiger partial charge in [-0.1, -0.05) is 41.9 Å². The second-order valence-corrected chi connectivity index (χ2v) is 7.16. The number of ether oxygens (including phenoxy) is 1. The number of halogens is 1. The highest BCUT2D eigenvalue weighted by molar-refractivity contribution is 6.31. The molecule has 1 fully saturated rings. The van der Waals surface area contributed by atoms with Crippen molar-refractivity contribution in [2.75, 3.05) is 26.7 Å². The van der Waals surface area contributed by atoms with E-state index in [1.165, 1.54) is 0 Å². The minimum atomic E-state index is 0.187. The third-order valence-electron chi connectivity index (χ3n) is 4.74.